The van der Waals surface area contributed by atoms with Crippen molar-refractivity contribution < 1.29 is 18.1 Å². The van der Waals surface area contributed by atoms with Crippen LogP contribution in [-0.2, 0) is 16.4 Å². The molecule has 0 radical (unpaired) electrons. The summed E-state index contributed by atoms with van der Waals surface area (Å²) < 4.78 is 29.3. The quantitative estimate of drug-likeness (QED) is 0.0397. The van der Waals surface area contributed by atoms with Gasteiger partial charge in [-0.05, 0) is 72.5 Å². The molecule has 0 saturated heterocycles. The van der Waals surface area contributed by atoms with Crippen LogP contribution >= 0.6 is 23.1 Å². The highest BCUT2D eigenvalue weighted by Gasteiger charge is 2.24. The normalized spacial score (nSPS) is 11.4. The third kappa shape index (κ3) is 10.1. The highest BCUT2D eigenvalue weighted by molar-refractivity contribution is 7.99. The van der Waals surface area contributed by atoms with Crippen molar-refractivity contribution >= 4 is 60.6 Å². The monoisotopic (exact) mass is 716 g/mol. The van der Waals surface area contributed by atoms with E-state index in [1.54, 1.807) is 47.4 Å². The van der Waals surface area contributed by atoms with Crippen molar-refractivity contribution in [3.05, 3.63) is 112 Å². The fourth-order valence-electron chi connectivity index (χ4n) is 5.40. The first kappa shape index (κ1) is 36.0. The summed E-state index contributed by atoms with van der Waals surface area (Å²) in [5, 5.41) is 15.9. The van der Waals surface area contributed by atoms with Gasteiger partial charge in [-0.15, -0.1) is 23.1 Å². The number of thiazole rings is 1. The van der Waals surface area contributed by atoms with Crippen LogP contribution in [0.25, 0.3) is 21.3 Å². The minimum Gasteiger partial charge on any atom is -0.379 e. The summed E-state index contributed by atoms with van der Waals surface area (Å²) in [5.74, 6) is -0.185. The van der Waals surface area contributed by atoms with Gasteiger partial charge in [0.2, 0.25) is 0 Å². The molecule has 0 aliphatic rings. The maximum Gasteiger partial charge on any atom is 0.293 e. The van der Waals surface area contributed by atoms with E-state index in [4.69, 9.17) is 4.98 Å². The van der Waals surface area contributed by atoms with E-state index in [0.29, 0.717) is 12.3 Å². The van der Waals surface area contributed by atoms with E-state index in [0.717, 1.165) is 50.2 Å². The van der Waals surface area contributed by atoms with Gasteiger partial charge in [-0.2, -0.15) is 0 Å². The Kier molecular flexibility index (Phi) is 12.8. The highest BCUT2D eigenvalue weighted by atomic mass is 32.2. The first-order valence-corrected chi connectivity index (χ1v) is 19.8. The Morgan fingerprint density at radius 2 is 1.59 bits per heavy atom. The molecule has 9 nitrogen and oxygen atoms in total. The molecule has 12 heteroatoms. The maximum atomic E-state index is 13.1. The molecule has 49 heavy (non-hydrogen) atoms. The Morgan fingerprint density at radius 3 is 2.33 bits per heavy atom. The summed E-state index contributed by atoms with van der Waals surface area (Å²) in [5.41, 5.74) is 2.69. The highest BCUT2D eigenvalue weighted by Crippen LogP contribution is 2.30. The van der Waals surface area contributed by atoms with Crippen LogP contribution in [0.2, 0.25) is 0 Å². The van der Waals surface area contributed by atoms with Crippen molar-refractivity contribution in [3.8, 4) is 11.1 Å². The molecule has 0 aliphatic carbocycles. The number of thioether (sulfide) groups is 1. The summed E-state index contributed by atoms with van der Waals surface area (Å²) in [6, 6.07) is 26.0. The summed E-state index contributed by atoms with van der Waals surface area (Å²) in [6.45, 7) is 2.66. The first-order valence-electron chi connectivity index (χ1n) is 16.5. The van der Waals surface area contributed by atoms with Crippen molar-refractivity contribution in [2.75, 3.05) is 17.6 Å². The van der Waals surface area contributed by atoms with Crippen LogP contribution in [0, 0.1) is 10.1 Å². The second kappa shape index (κ2) is 17.4. The van der Waals surface area contributed by atoms with Gasteiger partial charge >= 0.3 is 0 Å². The van der Waals surface area contributed by atoms with Gasteiger partial charge in [-0.25, -0.2) is 18.1 Å². The number of carbonyl (C=O) groups excluding carboxylic acids is 1. The molecule has 0 atom stereocenters. The summed E-state index contributed by atoms with van der Waals surface area (Å²) >= 11 is 3.32. The standard InChI is InChI=1S/C37H40N4O5S3/c1-2-3-4-5-6-7-11-14-36-39-33-25-29(19-22-35(33)48-36)27-15-17-28(18-16-27)37(42)40-49(45,46)31-20-21-32(34(26-31)41(43)44)38-23-24-47-30-12-9-8-10-13-30/h8-10,12-13,15-22,25-26,38H,2-7,11,14,23-24H2,1H3,(H,40,42). The van der Waals surface area contributed by atoms with Gasteiger partial charge in [0, 0.05) is 28.8 Å². The number of aromatic nitrogens is 1. The molecule has 1 aromatic heterocycles. The van der Waals surface area contributed by atoms with Gasteiger partial charge in [0.25, 0.3) is 21.6 Å². The number of nitrogens with zero attached hydrogens (tertiary/aromatic N) is 2. The Balaban J connectivity index is 1.18. The number of unbranched alkanes of at least 4 members (excludes halogenated alkanes) is 6. The number of anilines is 1. The van der Waals surface area contributed by atoms with Gasteiger partial charge in [-0.1, -0.05) is 81.8 Å². The van der Waals surface area contributed by atoms with E-state index in [9.17, 15) is 23.3 Å². The minimum absolute atomic E-state index is 0.141. The van der Waals surface area contributed by atoms with Gasteiger partial charge in [-0.3, -0.25) is 14.9 Å². The summed E-state index contributed by atoms with van der Waals surface area (Å²) in [6.07, 6.45) is 9.84. The van der Waals surface area contributed by atoms with Crippen LogP contribution in [0.15, 0.2) is 101 Å². The lowest BCUT2D eigenvalue weighted by molar-refractivity contribution is -0.384. The number of carbonyl (C=O) groups is 1. The number of amides is 1. The lowest BCUT2D eigenvalue weighted by Gasteiger charge is -2.11. The van der Waals surface area contributed by atoms with E-state index >= 15 is 0 Å². The second-order valence-corrected chi connectivity index (χ2v) is 15.7. The van der Waals surface area contributed by atoms with E-state index in [2.05, 4.69) is 18.3 Å². The molecular weight excluding hydrogens is 677 g/mol. The van der Waals surface area contributed by atoms with Crippen LogP contribution in [0.1, 0.15) is 67.2 Å². The van der Waals surface area contributed by atoms with Gasteiger partial charge in [0.1, 0.15) is 5.69 Å². The molecule has 1 heterocycles. The average Bonchev–Trinajstić information content (AvgIpc) is 3.52. The molecule has 1 amide bonds. The number of nitro groups is 1. The Labute approximate surface area is 295 Å². The number of fused-ring (bicyclic) bond motifs is 1. The van der Waals surface area contributed by atoms with Crippen LogP contribution < -0.4 is 10.0 Å². The van der Waals surface area contributed by atoms with Crippen molar-refractivity contribution in [3.63, 3.8) is 0 Å². The molecule has 0 bridgehead atoms. The van der Waals surface area contributed by atoms with Gasteiger partial charge in [0.15, 0.2) is 0 Å². The number of nitrogens with one attached hydrogen (secondary N) is 2. The third-order valence-electron chi connectivity index (χ3n) is 8.04. The van der Waals surface area contributed by atoms with Crippen molar-refractivity contribution in [2.45, 2.75) is 68.1 Å². The molecule has 4 aromatic carbocycles. The fraction of sp³-hybridized carbons (Fsp3) is 0.297. The molecule has 0 unspecified atom stereocenters. The van der Waals surface area contributed by atoms with E-state index in [-0.39, 0.29) is 16.1 Å². The van der Waals surface area contributed by atoms with E-state index in [1.165, 1.54) is 50.7 Å². The van der Waals surface area contributed by atoms with Crippen LogP contribution in [0.4, 0.5) is 11.4 Å². The number of rotatable bonds is 18. The molecule has 0 fully saturated rings. The number of benzene rings is 4. The molecule has 0 aliphatic heterocycles. The Hall–Kier alpha value is -4.26. The third-order valence-corrected chi connectivity index (χ3v) is 11.5. The maximum absolute atomic E-state index is 13.1. The van der Waals surface area contributed by atoms with Gasteiger partial charge in [0.05, 0.1) is 25.0 Å². The Bertz CT molecular complexity index is 1980. The zero-order chi connectivity index (χ0) is 34.6. The van der Waals surface area contributed by atoms with Crippen LogP contribution in [0.5, 0.6) is 0 Å². The number of sulfonamides is 1. The molecule has 256 valence electrons. The predicted molar refractivity (Wildman–Crippen MR) is 200 cm³/mol. The zero-order valence-electron chi connectivity index (χ0n) is 27.4. The largest absolute Gasteiger partial charge is 0.379 e. The lowest BCUT2D eigenvalue weighted by atomic mass is 10.0. The molecule has 5 aromatic rings. The average molecular weight is 717 g/mol. The Morgan fingerprint density at radius 1 is 0.878 bits per heavy atom. The van der Waals surface area contributed by atoms with Crippen LogP contribution in [-0.4, -0.2) is 36.5 Å². The van der Waals surface area contributed by atoms with Gasteiger partial charge < -0.3 is 5.32 Å². The topological polar surface area (TPSA) is 131 Å². The molecule has 0 spiro atoms. The van der Waals surface area contributed by atoms with E-state index in [1.807, 2.05) is 47.2 Å². The zero-order valence-corrected chi connectivity index (χ0v) is 29.8. The summed E-state index contributed by atoms with van der Waals surface area (Å²) in [4.78, 5) is 29.7. The number of aryl methyl sites for hydroxylation is 1. The first-order chi connectivity index (χ1) is 23.7. The van der Waals surface area contributed by atoms with Crippen molar-refractivity contribution in [1.82, 2.24) is 9.71 Å². The SMILES string of the molecule is CCCCCCCCCc1nc2cc(-c3ccc(C(=O)NS(=O)(=O)c4ccc(NCCSc5ccccc5)c([N+](=O)[O-])c4)cc3)ccc2s1. The molecule has 0 saturated carbocycles. The van der Waals surface area contributed by atoms with E-state index < -0.39 is 26.5 Å². The molecule has 5 rings (SSSR count). The summed E-state index contributed by atoms with van der Waals surface area (Å²) in [7, 11) is -4.38. The predicted octanol–water partition coefficient (Wildman–Crippen LogP) is 9.49. The molecule has 2 N–H and O–H groups in total. The van der Waals surface area contributed by atoms with Crippen molar-refractivity contribution in [1.29, 1.82) is 0 Å². The number of nitro benzene ring substituents is 1. The fourth-order valence-corrected chi connectivity index (χ4v) is 8.17. The minimum atomic E-state index is -4.38. The van der Waals surface area contributed by atoms with Crippen molar-refractivity contribution in [2.24, 2.45) is 0 Å². The second-order valence-electron chi connectivity index (χ2n) is 11.7. The van der Waals surface area contributed by atoms with Crippen LogP contribution in [0.3, 0.4) is 0 Å². The smallest absolute Gasteiger partial charge is 0.293 e. The number of hydrogen-bond donors (Lipinski definition) is 2. The lowest BCUT2D eigenvalue weighted by Crippen LogP contribution is -2.30. The number of hydrogen-bond acceptors (Lipinski definition) is 9. The molecular formula is C37H40N4O5S3.